The Kier molecular flexibility index (Phi) is 4.08. The summed E-state index contributed by atoms with van der Waals surface area (Å²) >= 11 is 0. The number of rotatable bonds is 3. The highest BCUT2D eigenvalue weighted by molar-refractivity contribution is 7.88. The van der Waals surface area contributed by atoms with Gasteiger partial charge in [0.15, 0.2) is 0 Å². The van der Waals surface area contributed by atoms with E-state index < -0.39 is 10.0 Å². The summed E-state index contributed by atoms with van der Waals surface area (Å²) in [5.41, 5.74) is 2.81. The van der Waals surface area contributed by atoms with Crippen molar-refractivity contribution in [1.82, 2.24) is 14.1 Å². The molecule has 2 aromatic carbocycles. The van der Waals surface area contributed by atoms with Crippen molar-refractivity contribution in [2.45, 2.75) is 0 Å². The molecule has 0 aliphatic carbocycles. The van der Waals surface area contributed by atoms with Crippen LogP contribution in [0.25, 0.3) is 16.6 Å². The molecule has 1 aliphatic rings. The summed E-state index contributed by atoms with van der Waals surface area (Å²) in [7, 11) is -3.12. The highest BCUT2D eigenvalue weighted by Crippen LogP contribution is 2.24. The molecule has 0 atom stereocenters. The van der Waals surface area contributed by atoms with E-state index in [2.05, 4.69) is 10.00 Å². The second-order valence-corrected chi connectivity index (χ2v) is 8.45. The molecule has 2 heterocycles. The van der Waals surface area contributed by atoms with Crippen LogP contribution in [0.15, 0.2) is 48.7 Å². The van der Waals surface area contributed by atoms with Gasteiger partial charge in [0.2, 0.25) is 10.0 Å². The summed E-state index contributed by atoms with van der Waals surface area (Å²) < 4.78 is 26.5. The Labute approximate surface area is 152 Å². The van der Waals surface area contributed by atoms with Crippen molar-refractivity contribution < 1.29 is 13.5 Å². The van der Waals surface area contributed by atoms with E-state index in [1.165, 1.54) is 10.6 Å². The summed E-state index contributed by atoms with van der Waals surface area (Å²) in [6.45, 7) is 2.35. The molecule has 1 aliphatic heterocycles. The Bertz CT molecular complexity index is 1040. The first kappa shape index (κ1) is 16.9. The Balaban J connectivity index is 1.55. The van der Waals surface area contributed by atoms with Crippen molar-refractivity contribution in [2.75, 3.05) is 37.3 Å². The molecular formula is C18H20N4O3S. The highest BCUT2D eigenvalue weighted by atomic mass is 32.2. The second kappa shape index (κ2) is 6.30. The predicted molar refractivity (Wildman–Crippen MR) is 101 cm³/mol. The quantitative estimate of drug-likeness (QED) is 0.759. The molecule has 0 saturated carbocycles. The van der Waals surface area contributed by atoms with Crippen molar-refractivity contribution in [3.8, 4) is 11.4 Å². The van der Waals surface area contributed by atoms with E-state index in [0.717, 1.165) is 22.3 Å². The zero-order valence-electron chi connectivity index (χ0n) is 14.4. The zero-order chi connectivity index (χ0) is 18.3. The highest BCUT2D eigenvalue weighted by Gasteiger charge is 2.23. The molecule has 0 amide bonds. The molecule has 1 fully saturated rings. The van der Waals surface area contributed by atoms with Gasteiger partial charge in [-0.05, 0) is 36.4 Å². The Morgan fingerprint density at radius 2 is 1.62 bits per heavy atom. The molecule has 1 saturated heterocycles. The van der Waals surface area contributed by atoms with Gasteiger partial charge in [-0.15, -0.1) is 0 Å². The van der Waals surface area contributed by atoms with Crippen LogP contribution in [0.4, 0.5) is 5.69 Å². The summed E-state index contributed by atoms with van der Waals surface area (Å²) in [5, 5.41) is 15.1. The second-order valence-electron chi connectivity index (χ2n) is 6.46. The fourth-order valence-electron chi connectivity index (χ4n) is 3.30. The summed E-state index contributed by atoms with van der Waals surface area (Å²) in [6, 6.07) is 13.2. The van der Waals surface area contributed by atoms with Crippen LogP contribution in [-0.2, 0) is 10.0 Å². The van der Waals surface area contributed by atoms with Gasteiger partial charge >= 0.3 is 0 Å². The normalized spacial score (nSPS) is 16.3. The van der Waals surface area contributed by atoms with Gasteiger partial charge < -0.3 is 10.0 Å². The lowest BCUT2D eigenvalue weighted by Gasteiger charge is -2.34. The Hall–Kier alpha value is -2.58. The SMILES string of the molecule is CS(=O)(=O)N1CCN(c2ccc(-n3ncc4ccc(O)cc43)cc2)CC1. The van der Waals surface area contributed by atoms with E-state index in [0.29, 0.717) is 26.2 Å². The minimum absolute atomic E-state index is 0.208. The minimum atomic E-state index is -3.12. The van der Waals surface area contributed by atoms with Crippen LogP contribution in [0.3, 0.4) is 0 Å². The molecule has 4 rings (SSSR count). The van der Waals surface area contributed by atoms with E-state index in [-0.39, 0.29) is 5.75 Å². The number of sulfonamides is 1. The fraction of sp³-hybridized carbons (Fsp3) is 0.278. The van der Waals surface area contributed by atoms with E-state index in [4.69, 9.17) is 0 Å². The van der Waals surface area contributed by atoms with Gasteiger partial charge in [0.25, 0.3) is 0 Å². The van der Waals surface area contributed by atoms with Crippen LogP contribution >= 0.6 is 0 Å². The van der Waals surface area contributed by atoms with Gasteiger partial charge in [-0.25, -0.2) is 13.1 Å². The number of phenolic OH excluding ortho intramolecular Hbond substituents is 1. The average molecular weight is 372 g/mol. The molecular weight excluding hydrogens is 352 g/mol. The van der Waals surface area contributed by atoms with Crippen LogP contribution in [0.5, 0.6) is 5.75 Å². The molecule has 0 unspecified atom stereocenters. The molecule has 136 valence electrons. The first-order valence-corrected chi connectivity index (χ1v) is 10.2. The molecule has 1 N–H and O–H groups in total. The van der Waals surface area contributed by atoms with Gasteiger partial charge in [-0.1, -0.05) is 0 Å². The zero-order valence-corrected chi connectivity index (χ0v) is 15.2. The van der Waals surface area contributed by atoms with Crippen molar-refractivity contribution in [3.63, 3.8) is 0 Å². The number of piperazine rings is 1. The predicted octanol–water partition coefficient (Wildman–Crippen LogP) is 1.81. The number of aromatic hydroxyl groups is 1. The summed E-state index contributed by atoms with van der Waals surface area (Å²) in [4.78, 5) is 2.18. The molecule has 1 aromatic heterocycles. The molecule has 7 nitrogen and oxygen atoms in total. The number of phenols is 1. The van der Waals surface area contributed by atoms with Gasteiger partial charge in [0.05, 0.1) is 23.7 Å². The van der Waals surface area contributed by atoms with Crippen molar-refractivity contribution in [2.24, 2.45) is 0 Å². The van der Waals surface area contributed by atoms with Gasteiger partial charge in [-0.3, -0.25) is 0 Å². The molecule has 3 aromatic rings. The third-order valence-electron chi connectivity index (χ3n) is 4.72. The largest absolute Gasteiger partial charge is 0.508 e. The lowest BCUT2D eigenvalue weighted by molar-refractivity contribution is 0.388. The smallest absolute Gasteiger partial charge is 0.211 e. The van der Waals surface area contributed by atoms with Crippen molar-refractivity contribution >= 4 is 26.6 Å². The van der Waals surface area contributed by atoms with Crippen LogP contribution < -0.4 is 4.90 Å². The Morgan fingerprint density at radius 1 is 0.962 bits per heavy atom. The van der Waals surface area contributed by atoms with Crippen molar-refractivity contribution in [3.05, 3.63) is 48.7 Å². The molecule has 26 heavy (non-hydrogen) atoms. The number of benzene rings is 2. The van der Waals surface area contributed by atoms with Crippen LogP contribution in [-0.4, -0.2) is 60.0 Å². The topological polar surface area (TPSA) is 78.7 Å². The molecule has 0 radical (unpaired) electrons. The Morgan fingerprint density at radius 3 is 2.27 bits per heavy atom. The number of anilines is 1. The maximum Gasteiger partial charge on any atom is 0.211 e. The van der Waals surface area contributed by atoms with Gasteiger partial charge in [0.1, 0.15) is 5.75 Å². The lowest BCUT2D eigenvalue weighted by atomic mass is 10.2. The minimum Gasteiger partial charge on any atom is -0.508 e. The van der Waals surface area contributed by atoms with Crippen molar-refractivity contribution in [1.29, 1.82) is 0 Å². The first-order valence-electron chi connectivity index (χ1n) is 8.39. The fourth-order valence-corrected chi connectivity index (χ4v) is 4.12. The third kappa shape index (κ3) is 3.13. The molecule has 0 spiro atoms. The molecule has 0 bridgehead atoms. The number of aromatic nitrogens is 2. The first-order chi connectivity index (χ1) is 12.4. The van der Waals surface area contributed by atoms with E-state index in [9.17, 15) is 13.5 Å². The van der Waals surface area contributed by atoms with E-state index in [1.54, 1.807) is 23.0 Å². The van der Waals surface area contributed by atoms with Crippen LogP contribution in [0, 0.1) is 0 Å². The molecule has 8 heteroatoms. The van der Waals surface area contributed by atoms with Gasteiger partial charge in [0, 0.05) is 43.3 Å². The number of fused-ring (bicyclic) bond motifs is 1. The van der Waals surface area contributed by atoms with E-state index >= 15 is 0 Å². The maximum absolute atomic E-state index is 11.6. The number of nitrogens with zero attached hydrogens (tertiary/aromatic N) is 4. The number of hydrogen-bond donors (Lipinski definition) is 1. The standard InChI is InChI=1S/C18H20N4O3S/c1-26(24,25)21-10-8-20(9-11-21)15-3-5-16(6-4-15)22-18-12-17(23)7-2-14(18)13-19-22/h2-7,12-13,23H,8-11H2,1H3. The van der Waals surface area contributed by atoms with Crippen LogP contribution in [0.2, 0.25) is 0 Å². The monoisotopic (exact) mass is 372 g/mol. The van der Waals surface area contributed by atoms with Crippen LogP contribution in [0.1, 0.15) is 0 Å². The summed E-state index contributed by atoms with van der Waals surface area (Å²) in [5.74, 6) is 0.208. The lowest BCUT2D eigenvalue weighted by Crippen LogP contribution is -2.48. The summed E-state index contributed by atoms with van der Waals surface area (Å²) in [6.07, 6.45) is 3.02. The number of hydrogen-bond acceptors (Lipinski definition) is 5. The third-order valence-corrected chi connectivity index (χ3v) is 6.02. The average Bonchev–Trinajstić information content (AvgIpc) is 3.04. The van der Waals surface area contributed by atoms with E-state index in [1.807, 2.05) is 30.3 Å². The maximum atomic E-state index is 11.6. The van der Waals surface area contributed by atoms with Gasteiger partial charge in [-0.2, -0.15) is 9.40 Å².